The third-order valence-corrected chi connectivity index (χ3v) is 4.96. The normalized spacial score (nSPS) is 17.7. The lowest BCUT2D eigenvalue weighted by atomic mass is 9.92. The van der Waals surface area contributed by atoms with Gasteiger partial charge in [-0.2, -0.15) is 0 Å². The molecule has 1 N–H and O–H groups in total. The Bertz CT molecular complexity index is 614. The molecule has 2 aromatic carbocycles. The van der Waals surface area contributed by atoms with Crippen LogP contribution in [0, 0.1) is 6.92 Å². The highest BCUT2D eigenvalue weighted by Gasteiger charge is 2.23. The van der Waals surface area contributed by atoms with E-state index in [1.807, 2.05) is 0 Å². The maximum absolute atomic E-state index is 3.48. The van der Waals surface area contributed by atoms with Gasteiger partial charge >= 0.3 is 0 Å². The van der Waals surface area contributed by atoms with Gasteiger partial charge in [0.1, 0.15) is 0 Å². The van der Waals surface area contributed by atoms with E-state index in [0.717, 1.165) is 26.2 Å². The largest absolute Gasteiger partial charge is 0.314 e. The van der Waals surface area contributed by atoms with Crippen molar-refractivity contribution in [1.82, 2.24) is 10.2 Å². The Kier molecular flexibility index (Phi) is 5.12. The monoisotopic (exact) mass is 296 g/mol. The van der Waals surface area contributed by atoms with Crippen molar-refractivity contribution in [2.75, 3.05) is 26.2 Å². The Morgan fingerprint density at radius 1 is 1.05 bits per heavy atom. The van der Waals surface area contributed by atoms with Crippen molar-refractivity contribution in [2.45, 2.75) is 39.2 Å². The molecule has 0 saturated carbocycles. The maximum Gasteiger partial charge on any atom is 0.0355 e. The molecule has 0 unspecified atom stereocenters. The Hall–Kier alpha value is -1.38. The van der Waals surface area contributed by atoms with Crippen molar-refractivity contribution in [3.8, 4) is 0 Å². The number of aryl methyl sites for hydroxylation is 1. The molecule has 1 atom stereocenters. The summed E-state index contributed by atoms with van der Waals surface area (Å²) in [5, 5.41) is 6.34. The molecule has 1 aliphatic heterocycles. The summed E-state index contributed by atoms with van der Waals surface area (Å²) in [4.78, 5) is 2.68. The van der Waals surface area contributed by atoms with Gasteiger partial charge in [-0.25, -0.2) is 0 Å². The molecule has 0 aromatic heterocycles. The van der Waals surface area contributed by atoms with Gasteiger partial charge in [-0.1, -0.05) is 56.2 Å². The molecule has 2 aromatic rings. The zero-order chi connectivity index (χ0) is 15.4. The highest BCUT2D eigenvalue weighted by molar-refractivity contribution is 5.88. The smallest absolute Gasteiger partial charge is 0.0355 e. The molecular weight excluding hydrogens is 268 g/mol. The SMILES string of the molecule is CCCC[C@H](c1ccc(C)c2ccccc12)N1CCNCC1. The van der Waals surface area contributed by atoms with Crippen LogP contribution in [-0.2, 0) is 0 Å². The highest BCUT2D eigenvalue weighted by atomic mass is 15.2. The molecule has 0 aliphatic carbocycles. The first-order valence-electron chi connectivity index (χ1n) is 8.74. The van der Waals surface area contributed by atoms with Gasteiger partial charge < -0.3 is 5.32 Å². The van der Waals surface area contributed by atoms with E-state index < -0.39 is 0 Å². The van der Waals surface area contributed by atoms with E-state index in [9.17, 15) is 0 Å². The van der Waals surface area contributed by atoms with Crippen LogP contribution in [0.25, 0.3) is 10.8 Å². The molecule has 0 amide bonds. The number of hydrogen-bond donors (Lipinski definition) is 1. The molecule has 1 saturated heterocycles. The Labute approximate surface area is 134 Å². The van der Waals surface area contributed by atoms with Crippen LogP contribution in [0.1, 0.15) is 43.4 Å². The van der Waals surface area contributed by atoms with Crippen molar-refractivity contribution in [3.63, 3.8) is 0 Å². The number of nitrogens with zero attached hydrogens (tertiary/aromatic N) is 1. The molecule has 1 aliphatic rings. The van der Waals surface area contributed by atoms with Crippen LogP contribution < -0.4 is 5.32 Å². The fourth-order valence-corrected chi connectivity index (χ4v) is 3.69. The average Bonchev–Trinajstić information content (AvgIpc) is 2.58. The molecule has 0 spiro atoms. The molecule has 0 radical (unpaired) electrons. The lowest BCUT2D eigenvalue weighted by Crippen LogP contribution is -2.45. The van der Waals surface area contributed by atoms with E-state index in [2.05, 4.69) is 60.5 Å². The molecule has 22 heavy (non-hydrogen) atoms. The fraction of sp³-hybridized carbons (Fsp3) is 0.500. The summed E-state index contributed by atoms with van der Waals surface area (Å²) >= 11 is 0. The van der Waals surface area contributed by atoms with Crippen LogP contribution in [0.4, 0.5) is 0 Å². The van der Waals surface area contributed by atoms with E-state index in [4.69, 9.17) is 0 Å². The van der Waals surface area contributed by atoms with E-state index in [1.54, 1.807) is 0 Å². The van der Waals surface area contributed by atoms with Gasteiger partial charge in [0.25, 0.3) is 0 Å². The van der Waals surface area contributed by atoms with Gasteiger partial charge in [0.2, 0.25) is 0 Å². The number of rotatable bonds is 5. The minimum absolute atomic E-state index is 0.563. The zero-order valence-electron chi connectivity index (χ0n) is 13.9. The fourth-order valence-electron chi connectivity index (χ4n) is 3.69. The summed E-state index contributed by atoms with van der Waals surface area (Å²) in [5.74, 6) is 0. The second-order valence-electron chi connectivity index (χ2n) is 6.46. The summed E-state index contributed by atoms with van der Waals surface area (Å²) in [5.41, 5.74) is 2.91. The van der Waals surface area contributed by atoms with E-state index in [-0.39, 0.29) is 0 Å². The Balaban J connectivity index is 2.01. The van der Waals surface area contributed by atoms with E-state index in [1.165, 1.54) is 41.2 Å². The highest BCUT2D eigenvalue weighted by Crippen LogP contribution is 2.33. The van der Waals surface area contributed by atoms with Gasteiger partial charge in [-0.3, -0.25) is 4.90 Å². The molecule has 1 fully saturated rings. The first-order valence-corrected chi connectivity index (χ1v) is 8.74. The molecule has 2 heteroatoms. The van der Waals surface area contributed by atoms with Crippen molar-refractivity contribution in [2.24, 2.45) is 0 Å². The first kappa shape index (κ1) is 15.5. The summed E-state index contributed by atoms with van der Waals surface area (Å²) in [6, 6.07) is 14.2. The standard InChI is InChI=1S/C20H28N2/c1-3-4-9-20(22-14-12-21-13-15-22)19-11-10-16(2)17-7-5-6-8-18(17)19/h5-8,10-11,20-21H,3-4,9,12-15H2,1-2H3/t20-/m1/s1. The van der Waals surface area contributed by atoms with Gasteiger partial charge in [0.15, 0.2) is 0 Å². The predicted octanol–water partition coefficient (Wildman–Crippen LogP) is 4.28. The lowest BCUT2D eigenvalue weighted by molar-refractivity contribution is 0.164. The zero-order valence-corrected chi connectivity index (χ0v) is 13.9. The maximum atomic E-state index is 3.48. The summed E-state index contributed by atoms with van der Waals surface area (Å²) in [6.07, 6.45) is 3.84. The summed E-state index contributed by atoms with van der Waals surface area (Å²) in [6.45, 7) is 9.08. The summed E-state index contributed by atoms with van der Waals surface area (Å²) < 4.78 is 0. The molecule has 3 rings (SSSR count). The van der Waals surface area contributed by atoms with Crippen molar-refractivity contribution in [1.29, 1.82) is 0 Å². The minimum Gasteiger partial charge on any atom is -0.314 e. The summed E-state index contributed by atoms with van der Waals surface area (Å²) in [7, 11) is 0. The quantitative estimate of drug-likeness (QED) is 0.885. The third-order valence-electron chi connectivity index (χ3n) is 4.96. The van der Waals surface area contributed by atoms with Crippen LogP contribution in [0.5, 0.6) is 0 Å². The number of unbranched alkanes of at least 4 members (excludes halogenated alkanes) is 1. The Morgan fingerprint density at radius 2 is 1.77 bits per heavy atom. The van der Waals surface area contributed by atoms with Gasteiger partial charge in [-0.15, -0.1) is 0 Å². The van der Waals surface area contributed by atoms with Gasteiger partial charge in [0, 0.05) is 32.2 Å². The van der Waals surface area contributed by atoms with Crippen LogP contribution in [0.3, 0.4) is 0 Å². The van der Waals surface area contributed by atoms with Crippen LogP contribution in [-0.4, -0.2) is 31.1 Å². The number of piperazine rings is 1. The van der Waals surface area contributed by atoms with Gasteiger partial charge in [-0.05, 0) is 35.2 Å². The second-order valence-corrected chi connectivity index (χ2v) is 6.46. The van der Waals surface area contributed by atoms with Crippen molar-refractivity contribution < 1.29 is 0 Å². The molecular formula is C20H28N2. The molecule has 1 heterocycles. The number of benzene rings is 2. The predicted molar refractivity (Wildman–Crippen MR) is 95.4 cm³/mol. The van der Waals surface area contributed by atoms with Crippen LogP contribution in [0.15, 0.2) is 36.4 Å². The van der Waals surface area contributed by atoms with Crippen molar-refractivity contribution in [3.05, 3.63) is 47.5 Å². The van der Waals surface area contributed by atoms with Gasteiger partial charge in [0.05, 0.1) is 0 Å². The Morgan fingerprint density at radius 3 is 2.50 bits per heavy atom. The first-order chi connectivity index (χ1) is 10.8. The molecule has 2 nitrogen and oxygen atoms in total. The molecule has 0 bridgehead atoms. The number of fused-ring (bicyclic) bond motifs is 1. The third kappa shape index (κ3) is 3.18. The lowest BCUT2D eigenvalue weighted by Gasteiger charge is -2.36. The number of hydrogen-bond acceptors (Lipinski definition) is 2. The average molecular weight is 296 g/mol. The van der Waals surface area contributed by atoms with Crippen molar-refractivity contribution >= 4 is 10.8 Å². The number of nitrogens with one attached hydrogen (secondary N) is 1. The topological polar surface area (TPSA) is 15.3 Å². The second kappa shape index (κ2) is 7.26. The van der Waals surface area contributed by atoms with Crippen LogP contribution in [0.2, 0.25) is 0 Å². The van der Waals surface area contributed by atoms with E-state index in [0.29, 0.717) is 6.04 Å². The van der Waals surface area contributed by atoms with E-state index >= 15 is 0 Å². The minimum atomic E-state index is 0.563. The van der Waals surface area contributed by atoms with Crippen LogP contribution >= 0.6 is 0 Å². The molecule has 118 valence electrons.